The molecule has 0 aliphatic carbocycles. The highest BCUT2D eigenvalue weighted by molar-refractivity contribution is 7.10. The SMILES string of the molecule is CC(C)c1cncc(C[C@H](C)c2cccs2)c1. The maximum atomic E-state index is 4.34. The molecule has 2 heteroatoms. The van der Waals surface area contributed by atoms with Gasteiger partial charge in [-0.2, -0.15) is 0 Å². The number of aromatic nitrogens is 1. The fourth-order valence-electron chi connectivity index (χ4n) is 1.96. The van der Waals surface area contributed by atoms with Crippen LogP contribution in [0.5, 0.6) is 0 Å². The standard InChI is InChI=1S/C15H19NS/c1-11(2)14-8-13(9-16-10-14)7-12(3)15-5-4-6-17-15/h4-6,8-12H,7H2,1-3H3/t12-/m0/s1. The molecule has 0 saturated carbocycles. The molecule has 1 atom stereocenters. The van der Waals surface area contributed by atoms with Crippen molar-refractivity contribution in [3.05, 3.63) is 52.0 Å². The normalized spacial score (nSPS) is 12.9. The zero-order valence-electron chi connectivity index (χ0n) is 10.7. The zero-order valence-corrected chi connectivity index (χ0v) is 11.5. The molecule has 0 spiro atoms. The van der Waals surface area contributed by atoms with E-state index in [9.17, 15) is 0 Å². The average Bonchev–Trinajstić information content (AvgIpc) is 2.82. The van der Waals surface area contributed by atoms with Gasteiger partial charge >= 0.3 is 0 Å². The van der Waals surface area contributed by atoms with Crippen molar-refractivity contribution in [3.8, 4) is 0 Å². The van der Waals surface area contributed by atoms with Crippen LogP contribution in [0.25, 0.3) is 0 Å². The van der Waals surface area contributed by atoms with E-state index in [1.807, 2.05) is 23.7 Å². The Labute approximate surface area is 108 Å². The molecule has 2 heterocycles. The van der Waals surface area contributed by atoms with Crippen molar-refractivity contribution in [1.82, 2.24) is 4.98 Å². The van der Waals surface area contributed by atoms with Crippen LogP contribution in [0.3, 0.4) is 0 Å². The Balaban J connectivity index is 2.11. The molecule has 2 aromatic heterocycles. The monoisotopic (exact) mass is 245 g/mol. The van der Waals surface area contributed by atoms with E-state index >= 15 is 0 Å². The highest BCUT2D eigenvalue weighted by Crippen LogP contribution is 2.25. The fourth-order valence-corrected chi connectivity index (χ4v) is 2.75. The van der Waals surface area contributed by atoms with Crippen molar-refractivity contribution in [1.29, 1.82) is 0 Å². The molecule has 17 heavy (non-hydrogen) atoms. The number of hydrogen-bond donors (Lipinski definition) is 0. The highest BCUT2D eigenvalue weighted by atomic mass is 32.1. The summed E-state index contributed by atoms with van der Waals surface area (Å²) in [6.45, 7) is 6.71. The van der Waals surface area contributed by atoms with Crippen LogP contribution in [-0.2, 0) is 6.42 Å². The van der Waals surface area contributed by atoms with Crippen molar-refractivity contribution in [2.75, 3.05) is 0 Å². The number of pyridine rings is 1. The number of rotatable bonds is 4. The van der Waals surface area contributed by atoms with Crippen LogP contribution in [0, 0.1) is 0 Å². The molecule has 0 unspecified atom stereocenters. The molecule has 0 bridgehead atoms. The van der Waals surface area contributed by atoms with Gasteiger partial charge in [0.2, 0.25) is 0 Å². The lowest BCUT2D eigenvalue weighted by atomic mass is 9.97. The van der Waals surface area contributed by atoms with E-state index in [-0.39, 0.29) is 0 Å². The summed E-state index contributed by atoms with van der Waals surface area (Å²) >= 11 is 1.84. The maximum Gasteiger partial charge on any atom is 0.0302 e. The van der Waals surface area contributed by atoms with E-state index in [0.717, 1.165) is 6.42 Å². The molecule has 0 radical (unpaired) electrons. The van der Waals surface area contributed by atoms with Crippen molar-refractivity contribution >= 4 is 11.3 Å². The van der Waals surface area contributed by atoms with E-state index in [1.165, 1.54) is 16.0 Å². The van der Waals surface area contributed by atoms with Gasteiger partial charge in [0.05, 0.1) is 0 Å². The first-order valence-corrected chi connectivity index (χ1v) is 7.02. The van der Waals surface area contributed by atoms with Gasteiger partial charge in [-0.25, -0.2) is 0 Å². The first-order chi connectivity index (χ1) is 8.16. The van der Waals surface area contributed by atoms with Crippen molar-refractivity contribution < 1.29 is 0 Å². The largest absolute Gasteiger partial charge is 0.264 e. The summed E-state index contributed by atoms with van der Waals surface area (Å²) in [6, 6.07) is 6.64. The Hall–Kier alpha value is -1.15. The Kier molecular flexibility index (Phi) is 3.95. The third kappa shape index (κ3) is 3.16. The minimum Gasteiger partial charge on any atom is -0.264 e. The minimum atomic E-state index is 0.555. The van der Waals surface area contributed by atoms with Gasteiger partial charge in [-0.15, -0.1) is 11.3 Å². The molecule has 0 aliphatic rings. The summed E-state index contributed by atoms with van der Waals surface area (Å²) < 4.78 is 0. The van der Waals surface area contributed by atoms with Crippen molar-refractivity contribution in [3.63, 3.8) is 0 Å². The molecule has 90 valence electrons. The van der Waals surface area contributed by atoms with E-state index in [1.54, 1.807) is 0 Å². The molecule has 0 fully saturated rings. The quantitative estimate of drug-likeness (QED) is 0.766. The Morgan fingerprint density at radius 1 is 1.24 bits per heavy atom. The van der Waals surface area contributed by atoms with Gasteiger partial charge in [-0.05, 0) is 40.8 Å². The molecule has 0 aliphatic heterocycles. The molecule has 1 nitrogen and oxygen atoms in total. The van der Waals surface area contributed by atoms with Gasteiger partial charge < -0.3 is 0 Å². The predicted molar refractivity (Wildman–Crippen MR) is 74.8 cm³/mol. The van der Waals surface area contributed by atoms with Crippen LogP contribution in [0.1, 0.15) is 48.6 Å². The first-order valence-electron chi connectivity index (χ1n) is 6.14. The molecule has 0 amide bonds. The molecular weight excluding hydrogens is 226 g/mol. The molecule has 0 N–H and O–H groups in total. The predicted octanol–water partition coefficient (Wildman–Crippen LogP) is 4.61. The van der Waals surface area contributed by atoms with Crippen LogP contribution >= 0.6 is 11.3 Å². The lowest BCUT2D eigenvalue weighted by molar-refractivity contribution is 0.764. The third-order valence-electron chi connectivity index (χ3n) is 3.05. The molecule has 2 rings (SSSR count). The second-order valence-corrected chi connectivity index (χ2v) is 5.88. The second-order valence-electron chi connectivity index (χ2n) is 4.90. The van der Waals surface area contributed by atoms with E-state index < -0.39 is 0 Å². The van der Waals surface area contributed by atoms with Crippen LogP contribution in [0.15, 0.2) is 36.0 Å². The van der Waals surface area contributed by atoms with Crippen LogP contribution in [0.4, 0.5) is 0 Å². The van der Waals surface area contributed by atoms with Crippen LogP contribution < -0.4 is 0 Å². The zero-order chi connectivity index (χ0) is 12.3. The first kappa shape index (κ1) is 12.3. The van der Waals surface area contributed by atoms with Crippen molar-refractivity contribution in [2.45, 2.75) is 39.0 Å². The lowest BCUT2D eigenvalue weighted by Crippen LogP contribution is -1.98. The van der Waals surface area contributed by atoms with Crippen LogP contribution in [0.2, 0.25) is 0 Å². The summed E-state index contributed by atoms with van der Waals surface area (Å²) in [5, 5.41) is 2.15. The number of nitrogens with zero attached hydrogens (tertiary/aromatic N) is 1. The van der Waals surface area contributed by atoms with Gasteiger partial charge in [0.1, 0.15) is 0 Å². The fraction of sp³-hybridized carbons (Fsp3) is 0.400. The third-order valence-corrected chi connectivity index (χ3v) is 4.16. The minimum absolute atomic E-state index is 0.555. The summed E-state index contributed by atoms with van der Waals surface area (Å²) in [6.07, 6.45) is 5.05. The Morgan fingerprint density at radius 2 is 2.06 bits per heavy atom. The molecule has 0 aromatic carbocycles. The highest BCUT2D eigenvalue weighted by Gasteiger charge is 2.09. The summed E-state index contributed by atoms with van der Waals surface area (Å²) in [5.74, 6) is 1.14. The van der Waals surface area contributed by atoms with E-state index in [0.29, 0.717) is 11.8 Å². The van der Waals surface area contributed by atoms with E-state index in [2.05, 4.69) is 49.3 Å². The lowest BCUT2D eigenvalue weighted by Gasteiger charge is -2.11. The van der Waals surface area contributed by atoms with Gasteiger partial charge in [0, 0.05) is 17.3 Å². The second kappa shape index (κ2) is 5.46. The smallest absolute Gasteiger partial charge is 0.0302 e. The summed E-state index contributed by atoms with van der Waals surface area (Å²) in [7, 11) is 0. The summed E-state index contributed by atoms with van der Waals surface area (Å²) in [5.41, 5.74) is 2.68. The van der Waals surface area contributed by atoms with E-state index in [4.69, 9.17) is 0 Å². The number of hydrogen-bond acceptors (Lipinski definition) is 2. The van der Waals surface area contributed by atoms with Crippen LogP contribution in [-0.4, -0.2) is 4.98 Å². The molecule has 2 aromatic rings. The van der Waals surface area contributed by atoms with Gasteiger partial charge in [0.25, 0.3) is 0 Å². The Bertz CT molecular complexity index is 460. The molecule has 0 saturated heterocycles. The van der Waals surface area contributed by atoms with Gasteiger partial charge in [-0.3, -0.25) is 4.98 Å². The van der Waals surface area contributed by atoms with Gasteiger partial charge in [-0.1, -0.05) is 32.9 Å². The number of thiophene rings is 1. The van der Waals surface area contributed by atoms with Crippen molar-refractivity contribution in [2.24, 2.45) is 0 Å². The topological polar surface area (TPSA) is 12.9 Å². The maximum absolute atomic E-state index is 4.34. The molecular formula is C15H19NS. The Morgan fingerprint density at radius 3 is 2.71 bits per heavy atom. The van der Waals surface area contributed by atoms with Gasteiger partial charge in [0.15, 0.2) is 0 Å². The average molecular weight is 245 g/mol. The summed E-state index contributed by atoms with van der Waals surface area (Å²) in [4.78, 5) is 5.80.